The first kappa shape index (κ1) is 17.6. The van der Waals surface area contributed by atoms with Crippen molar-refractivity contribution in [1.82, 2.24) is 0 Å². The fourth-order valence-electron chi connectivity index (χ4n) is 2.85. The van der Waals surface area contributed by atoms with E-state index in [-0.39, 0.29) is 5.56 Å². The molecule has 0 heterocycles. The van der Waals surface area contributed by atoms with Crippen molar-refractivity contribution in [2.45, 2.75) is 18.2 Å². The van der Waals surface area contributed by atoms with Gasteiger partial charge in [0.25, 0.3) is 0 Å². The summed E-state index contributed by atoms with van der Waals surface area (Å²) < 4.78 is 0. The third-order valence-electron chi connectivity index (χ3n) is 4.16. The minimum atomic E-state index is -0.981. The molecule has 1 aliphatic carbocycles. The summed E-state index contributed by atoms with van der Waals surface area (Å²) >= 11 is 12.8. The van der Waals surface area contributed by atoms with Gasteiger partial charge in [-0.25, -0.2) is 4.79 Å². The first-order valence-corrected chi connectivity index (χ1v) is 8.58. The first-order valence-electron chi connectivity index (χ1n) is 7.82. The third kappa shape index (κ3) is 3.89. The molecule has 2 N–H and O–H groups in total. The summed E-state index contributed by atoms with van der Waals surface area (Å²) in [7, 11) is 0. The average molecular weight is 374 g/mol. The second-order valence-electron chi connectivity index (χ2n) is 6.13. The van der Waals surface area contributed by atoms with Gasteiger partial charge in [-0.3, -0.25) is 0 Å². The van der Waals surface area contributed by atoms with Crippen molar-refractivity contribution >= 4 is 40.4 Å². The lowest BCUT2D eigenvalue weighted by Crippen LogP contribution is -2.28. The summed E-state index contributed by atoms with van der Waals surface area (Å²) in [6, 6.07) is 14.4. The van der Waals surface area contributed by atoms with Crippen LogP contribution in [0.3, 0.4) is 0 Å². The number of carboxylic acids is 1. The maximum Gasteiger partial charge on any atom is 0.337 e. The van der Waals surface area contributed by atoms with Crippen LogP contribution in [0.15, 0.2) is 66.4 Å². The van der Waals surface area contributed by atoms with Crippen molar-refractivity contribution in [1.29, 1.82) is 0 Å². The van der Waals surface area contributed by atoms with Gasteiger partial charge in [-0.05, 0) is 54.8 Å². The highest BCUT2D eigenvalue weighted by molar-refractivity contribution is 6.30. The number of hydrogen-bond donors (Lipinski definition) is 2. The lowest BCUT2D eigenvalue weighted by atomic mass is 9.88. The van der Waals surface area contributed by atoms with E-state index in [2.05, 4.69) is 5.32 Å². The summed E-state index contributed by atoms with van der Waals surface area (Å²) in [6.07, 6.45) is 4.48. The van der Waals surface area contributed by atoms with E-state index in [4.69, 9.17) is 23.2 Å². The zero-order valence-corrected chi connectivity index (χ0v) is 15.1. The van der Waals surface area contributed by atoms with Crippen LogP contribution >= 0.6 is 23.2 Å². The maximum atomic E-state index is 11.4. The Labute approximate surface area is 156 Å². The molecule has 128 valence electrons. The molecule has 0 spiro atoms. The molecular weight excluding hydrogens is 357 g/mol. The average Bonchev–Trinajstić information content (AvgIpc) is 2.56. The number of halogens is 2. The Hall–Kier alpha value is -2.23. The van der Waals surface area contributed by atoms with Crippen LogP contribution in [0.5, 0.6) is 0 Å². The van der Waals surface area contributed by atoms with Crippen LogP contribution in [0.1, 0.15) is 29.3 Å². The number of rotatable bonds is 4. The van der Waals surface area contributed by atoms with Crippen LogP contribution in [0.25, 0.3) is 5.57 Å². The zero-order chi connectivity index (χ0) is 18.0. The lowest BCUT2D eigenvalue weighted by molar-refractivity contribution is 0.0698. The van der Waals surface area contributed by atoms with Crippen LogP contribution in [-0.4, -0.2) is 16.0 Å². The van der Waals surface area contributed by atoms with Gasteiger partial charge >= 0.3 is 5.97 Å². The Kier molecular flexibility index (Phi) is 4.89. The van der Waals surface area contributed by atoms with Crippen LogP contribution in [-0.2, 0) is 0 Å². The van der Waals surface area contributed by atoms with Crippen LogP contribution < -0.4 is 5.32 Å². The van der Waals surface area contributed by atoms with E-state index in [1.165, 1.54) is 0 Å². The number of carboxylic acid groups (broad SMARTS) is 1. The van der Waals surface area contributed by atoms with Gasteiger partial charge in [0.1, 0.15) is 0 Å². The molecule has 0 fully saturated rings. The quantitative estimate of drug-likeness (QED) is 0.663. The van der Waals surface area contributed by atoms with E-state index >= 15 is 0 Å². The van der Waals surface area contributed by atoms with Crippen molar-refractivity contribution < 1.29 is 9.90 Å². The number of para-hydroxylation sites is 1. The molecule has 0 aromatic heterocycles. The number of benzene rings is 2. The lowest BCUT2D eigenvalue weighted by Gasteiger charge is -2.31. The highest BCUT2D eigenvalue weighted by Gasteiger charge is 2.31. The van der Waals surface area contributed by atoms with E-state index < -0.39 is 10.8 Å². The largest absolute Gasteiger partial charge is 0.478 e. The fraction of sp³-hybridized carbons (Fsp3) is 0.150. The van der Waals surface area contributed by atoms with Gasteiger partial charge in [0.2, 0.25) is 0 Å². The zero-order valence-electron chi connectivity index (χ0n) is 13.6. The molecule has 1 atom stereocenters. The molecule has 0 radical (unpaired) electrons. The highest BCUT2D eigenvalue weighted by atomic mass is 35.5. The van der Waals surface area contributed by atoms with Crippen molar-refractivity contribution in [2.24, 2.45) is 0 Å². The molecule has 0 saturated heterocycles. The topological polar surface area (TPSA) is 49.3 Å². The monoisotopic (exact) mass is 373 g/mol. The Morgan fingerprint density at radius 1 is 1.16 bits per heavy atom. The summed E-state index contributed by atoms with van der Waals surface area (Å²) in [4.78, 5) is 10.7. The molecule has 25 heavy (non-hydrogen) atoms. The standard InChI is InChI=1S/C20H17Cl2NO2/c1-20(22)12-14(13-5-4-6-15(21)11-13)9-10-18(20)23-17-8-3-2-7-16(17)19(24)25/h2-11,23H,12H2,1H3,(H,24,25). The van der Waals surface area contributed by atoms with Crippen LogP contribution in [0.4, 0.5) is 5.69 Å². The Morgan fingerprint density at radius 2 is 1.92 bits per heavy atom. The number of hydrogen-bond acceptors (Lipinski definition) is 2. The molecular formula is C20H17Cl2NO2. The number of aromatic carboxylic acids is 1. The molecule has 0 amide bonds. The van der Waals surface area contributed by atoms with Gasteiger partial charge < -0.3 is 10.4 Å². The van der Waals surface area contributed by atoms with Gasteiger partial charge in [-0.1, -0.05) is 41.9 Å². The maximum absolute atomic E-state index is 11.4. The van der Waals surface area contributed by atoms with Gasteiger partial charge in [-0.2, -0.15) is 0 Å². The molecule has 1 aliphatic rings. The molecule has 3 nitrogen and oxygen atoms in total. The van der Waals surface area contributed by atoms with Crippen molar-refractivity contribution in [3.63, 3.8) is 0 Å². The number of allylic oxidation sites excluding steroid dienone is 4. The molecule has 1 unspecified atom stereocenters. The highest BCUT2D eigenvalue weighted by Crippen LogP contribution is 2.40. The van der Waals surface area contributed by atoms with Gasteiger partial charge in [0, 0.05) is 10.7 Å². The van der Waals surface area contributed by atoms with Gasteiger partial charge in [0.15, 0.2) is 0 Å². The molecule has 0 aliphatic heterocycles. The summed E-state index contributed by atoms with van der Waals surface area (Å²) in [5, 5.41) is 13.2. The van der Waals surface area contributed by atoms with E-state index in [1.54, 1.807) is 24.3 Å². The fourth-order valence-corrected chi connectivity index (χ4v) is 3.30. The second-order valence-corrected chi connectivity index (χ2v) is 7.40. The molecule has 0 saturated carbocycles. The molecule has 0 bridgehead atoms. The number of nitrogens with one attached hydrogen (secondary N) is 1. The normalized spacial score (nSPS) is 19.8. The van der Waals surface area contributed by atoms with Crippen LogP contribution in [0.2, 0.25) is 5.02 Å². The minimum absolute atomic E-state index is 0.209. The number of alkyl halides is 1. The van der Waals surface area contributed by atoms with E-state index in [0.717, 1.165) is 16.8 Å². The SMILES string of the molecule is CC1(Cl)CC(c2cccc(Cl)c2)=CC=C1Nc1ccccc1C(=O)O. The van der Waals surface area contributed by atoms with Gasteiger partial charge in [-0.15, -0.1) is 11.6 Å². The Morgan fingerprint density at radius 3 is 2.60 bits per heavy atom. The summed E-state index contributed by atoms with van der Waals surface area (Å²) in [5.74, 6) is -0.981. The van der Waals surface area contributed by atoms with E-state index in [0.29, 0.717) is 17.1 Å². The van der Waals surface area contributed by atoms with E-state index in [1.807, 2.05) is 43.3 Å². The Balaban J connectivity index is 1.93. The first-order chi connectivity index (χ1) is 11.9. The van der Waals surface area contributed by atoms with E-state index in [9.17, 15) is 9.90 Å². The molecule has 2 aromatic rings. The van der Waals surface area contributed by atoms with Crippen LogP contribution in [0, 0.1) is 0 Å². The summed E-state index contributed by atoms with van der Waals surface area (Å²) in [5.41, 5.74) is 3.60. The summed E-state index contributed by atoms with van der Waals surface area (Å²) in [6.45, 7) is 1.91. The molecule has 5 heteroatoms. The second kappa shape index (κ2) is 6.95. The number of anilines is 1. The van der Waals surface area contributed by atoms with Crippen molar-refractivity contribution in [3.05, 3.63) is 82.5 Å². The van der Waals surface area contributed by atoms with Crippen molar-refractivity contribution in [3.8, 4) is 0 Å². The molecule has 3 rings (SSSR count). The predicted octanol–water partition coefficient (Wildman–Crippen LogP) is 5.82. The Bertz CT molecular complexity index is 885. The third-order valence-corrected chi connectivity index (χ3v) is 4.73. The predicted molar refractivity (Wildman–Crippen MR) is 103 cm³/mol. The van der Waals surface area contributed by atoms with Crippen molar-refractivity contribution in [2.75, 3.05) is 5.32 Å². The molecule has 2 aromatic carbocycles. The van der Waals surface area contributed by atoms with Gasteiger partial charge in [0.05, 0.1) is 16.1 Å². The smallest absolute Gasteiger partial charge is 0.337 e. The minimum Gasteiger partial charge on any atom is -0.478 e. The number of carbonyl (C=O) groups is 1.